The lowest BCUT2D eigenvalue weighted by molar-refractivity contribution is 0.500. The third-order valence-electron chi connectivity index (χ3n) is 3.36. The first-order valence-electron chi connectivity index (χ1n) is 6.57. The fraction of sp³-hybridized carbons (Fsp3) is 0.267. The normalized spacial score (nSPS) is 13.0. The summed E-state index contributed by atoms with van der Waals surface area (Å²) in [4.78, 5) is 0. The van der Waals surface area contributed by atoms with E-state index in [2.05, 4.69) is 5.10 Å². The molecule has 0 amide bonds. The molecule has 104 valence electrons. The Morgan fingerprint density at radius 3 is 2.90 bits per heavy atom. The summed E-state index contributed by atoms with van der Waals surface area (Å²) in [6.07, 6.45) is 0. The Labute approximate surface area is 122 Å². The number of rotatable bonds is 3. The fourth-order valence-corrected chi connectivity index (χ4v) is 2.58. The van der Waals surface area contributed by atoms with Gasteiger partial charge in [0.25, 0.3) is 0 Å². The van der Waals surface area contributed by atoms with Crippen molar-refractivity contribution in [1.29, 1.82) is 0 Å². The molecule has 2 aromatic heterocycles. The molecule has 5 heteroatoms. The molecule has 0 aliphatic rings. The summed E-state index contributed by atoms with van der Waals surface area (Å²) in [7, 11) is 0. The maximum atomic E-state index is 6.32. The molecule has 0 saturated heterocycles. The molecule has 2 heterocycles. The average Bonchev–Trinajstić information content (AvgIpc) is 3.00. The minimum atomic E-state index is -0.331. The average molecular weight is 290 g/mol. The van der Waals surface area contributed by atoms with Gasteiger partial charge in [0.1, 0.15) is 17.4 Å². The van der Waals surface area contributed by atoms with Gasteiger partial charge in [-0.05, 0) is 44.2 Å². The number of nitrogens with zero attached hydrogens (tertiary/aromatic N) is 2. The smallest absolute Gasteiger partial charge is 0.134 e. The van der Waals surface area contributed by atoms with E-state index in [0.717, 1.165) is 34.7 Å². The topological polar surface area (TPSA) is 57.0 Å². The van der Waals surface area contributed by atoms with Crippen LogP contribution in [0.2, 0.25) is 5.02 Å². The standard InChI is InChI=1S/C15H16ClN3O/c1-3-19-12(6-9(2)18-19)15(17)14-8-10-7-11(16)4-5-13(10)20-14/h4-8,15H,3,17H2,1-2H3. The molecule has 0 bridgehead atoms. The van der Waals surface area contributed by atoms with E-state index in [-0.39, 0.29) is 6.04 Å². The highest BCUT2D eigenvalue weighted by molar-refractivity contribution is 6.31. The zero-order valence-corrected chi connectivity index (χ0v) is 12.2. The van der Waals surface area contributed by atoms with Crippen LogP contribution in [0, 0.1) is 6.92 Å². The summed E-state index contributed by atoms with van der Waals surface area (Å²) in [6.45, 7) is 4.78. The Morgan fingerprint density at radius 2 is 2.15 bits per heavy atom. The zero-order chi connectivity index (χ0) is 14.3. The molecular weight excluding hydrogens is 274 g/mol. The highest BCUT2D eigenvalue weighted by Crippen LogP contribution is 2.28. The van der Waals surface area contributed by atoms with E-state index in [0.29, 0.717) is 5.02 Å². The second-order valence-corrected chi connectivity index (χ2v) is 5.27. The number of furan rings is 1. The molecule has 2 N–H and O–H groups in total. The highest BCUT2D eigenvalue weighted by Gasteiger charge is 2.19. The van der Waals surface area contributed by atoms with Gasteiger partial charge in [-0.25, -0.2) is 0 Å². The number of aromatic nitrogens is 2. The van der Waals surface area contributed by atoms with Crippen molar-refractivity contribution in [3.8, 4) is 0 Å². The number of halogens is 1. The number of benzene rings is 1. The Balaban J connectivity index is 2.05. The summed E-state index contributed by atoms with van der Waals surface area (Å²) < 4.78 is 7.73. The van der Waals surface area contributed by atoms with Gasteiger partial charge in [-0.2, -0.15) is 5.10 Å². The summed E-state index contributed by atoms with van der Waals surface area (Å²) in [6, 6.07) is 9.14. The number of hydrogen-bond donors (Lipinski definition) is 1. The van der Waals surface area contributed by atoms with E-state index < -0.39 is 0 Å². The minimum absolute atomic E-state index is 0.331. The van der Waals surface area contributed by atoms with Crippen LogP contribution >= 0.6 is 11.6 Å². The van der Waals surface area contributed by atoms with Crippen molar-refractivity contribution in [3.05, 3.63) is 52.5 Å². The van der Waals surface area contributed by atoms with Crippen molar-refractivity contribution in [2.75, 3.05) is 0 Å². The van der Waals surface area contributed by atoms with Crippen LogP contribution in [0.5, 0.6) is 0 Å². The van der Waals surface area contributed by atoms with Crippen LogP contribution < -0.4 is 5.73 Å². The van der Waals surface area contributed by atoms with Gasteiger partial charge in [0, 0.05) is 17.0 Å². The predicted molar refractivity (Wildman–Crippen MR) is 79.9 cm³/mol. The van der Waals surface area contributed by atoms with Crippen molar-refractivity contribution in [1.82, 2.24) is 9.78 Å². The molecular formula is C15H16ClN3O. The molecule has 0 fully saturated rings. The first-order valence-corrected chi connectivity index (χ1v) is 6.95. The summed E-state index contributed by atoms with van der Waals surface area (Å²) in [5.41, 5.74) is 9.02. The Bertz CT molecular complexity index is 760. The quantitative estimate of drug-likeness (QED) is 0.800. The van der Waals surface area contributed by atoms with Crippen LogP contribution in [0.4, 0.5) is 0 Å². The van der Waals surface area contributed by atoms with E-state index in [1.165, 1.54) is 0 Å². The Kier molecular flexibility index (Phi) is 3.28. The predicted octanol–water partition coefficient (Wildman–Crippen LogP) is 3.66. The van der Waals surface area contributed by atoms with Crippen LogP contribution in [-0.2, 0) is 6.54 Å². The second kappa shape index (κ2) is 4.96. The van der Waals surface area contributed by atoms with E-state index >= 15 is 0 Å². The largest absolute Gasteiger partial charge is 0.459 e. The van der Waals surface area contributed by atoms with Gasteiger partial charge in [-0.1, -0.05) is 11.6 Å². The molecule has 0 spiro atoms. The molecule has 0 saturated carbocycles. The molecule has 20 heavy (non-hydrogen) atoms. The lowest BCUT2D eigenvalue weighted by atomic mass is 10.1. The van der Waals surface area contributed by atoms with E-state index in [1.807, 2.05) is 48.9 Å². The minimum Gasteiger partial charge on any atom is -0.459 e. The zero-order valence-electron chi connectivity index (χ0n) is 11.4. The van der Waals surface area contributed by atoms with Crippen LogP contribution in [-0.4, -0.2) is 9.78 Å². The summed E-state index contributed by atoms with van der Waals surface area (Å²) in [5.74, 6) is 0.719. The first-order chi connectivity index (χ1) is 9.58. The molecule has 1 unspecified atom stereocenters. The molecule has 3 rings (SSSR count). The van der Waals surface area contributed by atoms with Gasteiger partial charge in [-0.15, -0.1) is 0 Å². The van der Waals surface area contributed by atoms with Crippen molar-refractivity contribution in [3.63, 3.8) is 0 Å². The highest BCUT2D eigenvalue weighted by atomic mass is 35.5. The van der Waals surface area contributed by atoms with Crippen molar-refractivity contribution < 1.29 is 4.42 Å². The third-order valence-corrected chi connectivity index (χ3v) is 3.59. The second-order valence-electron chi connectivity index (χ2n) is 4.83. The van der Waals surface area contributed by atoms with Gasteiger partial charge >= 0.3 is 0 Å². The van der Waals surface area contributed by atoms with Crippen molar-refractivity contribution in [2.24, 2.45) is 5.73 Å². The van der Waals surface area contributed by atoms with Crippen LogP contribution in [0.1, 0.15) is 30.1 Å². The van der Waals surface area contributed by atoms with Gasteiger partial charge in [-0.3, -0.25) is 4.68 Å². The number of fused-ring (bicyclic) bond motifs is 1. The summed E-state index contributed by atoms with van der Waals surface area (Å²) >= 11 is 5.99. The number of nitrogens with two attached hydrogens (primary N) is 1. The molecule has 0 aliphatic carbocycles. The van der Waals surface area contributed by atoms with E-state index in [1.54, 1.807) is 0 Å². The monoisotopic (exact) mass is 289 g/mol. The van der Waals surface area contributed by atoms with Crippen molar-refractivity contribution >= 4 is 22.6 Å². The Morgan fingerprint density at radius 1 is 1.35 bits per heavy atom. The summed E-state index contributed by atoms with van der Waals surface area (Å²) in [5, 5.41) is 6.07. The van der Waals surface area contributed by atoms with E-state index in [9.17, 15) is 0 Å². The molecule has 1 atom stereocenters. The van der Waals surface area contributed by atoms with E-state index in [4.69, 9.17) is 21.8 Å². The maximum absolute atomic E-state index is 6.32. The fourth-order valence-electron chi connectivity index (χ4n) is 2.40. The third kappa shape index (κ3) is 2.21. The van der Waals surface area contributed by atoms with Crippen LogP contribution in [0.25, 0.3) is 11.0 Å². The van der Waals surface area contributed by atoms with Gasteiger partial charge in [0.15, 0.2) is 0 Å². The molecule has 0 aliphatic heterocycles. The van der Waals surface area contributed by atoms with Gasteiger partial charge in [0.05, 0.1) is 11.4 Å². The maximum Gasteiger partial charge on any atom is 0.134 e. The Hall–Kier alpha value is -1.78. The van der Waals surface area contributed by atoms with Crippen LogP contribution in [0.3, 0.4) is 0 Å². The lowest BCUT2D eigenvalue weighted by Gasteiger charge is -2.10. The van der Waals surface area contributed by atoms with Crippen LogP contribution in [0.15, 0.2) is 34.7 Å². The van der Waals surface area contributed by atoms with Gasteiger partial charge < -0.3 is 10.2 Å². The SMILES string of the molecule is CCn1nc(C)cc1C(N)c1cc2cc(Cl)ccc2o1. The number of aryl methyl sites for hydroxylation is 2. The number of hydrogen-bond acceptors (Lipinski definition) is 3. The first kappa shape index (κ1) is 13.2. The molecule has 1 aromatic carbocycles. The molecule has 4 nitrogen and oxygen atoms in total. The lowest BCUT2D eigenvalue weighted by Crippen LogP contribution is -2.16. The van der Waals surface area contributed by atoms with Crippen molar-refractivity contribution in [2.45, 2.75) is 26.4 Å². The van der Waals surface area contributed by atoms with Gasteiger partial charge in [0.2, 0.25) is 0 Å². The molecule has 3 aromatic rings. The molecule has 0 radical (unpaired) electrons.